The lowest BCUT2D eigenvalue weighted by Gasteiger charge is -2.31. The van der Waals surface area contributed by atoms with Crippen molar-refractivity contribution in [1.29, 1.82) is 0 Å². The van der Waals surface area contributed by atoms with Crippen molar-refractivity contribution in [2.24, 2.45) is 5.92 Å². The van der Waals surface area contributed by atoms with Gasteiger partial charge in [-0.2, -0.15) is 0 Å². The van der Waals surface area contributed by atoms with Crippen LogP contribution in [0.1, 0.15) is 32.1 Å². The predicted molar refractivity (Wildman–Crippen MR) is 123 cm³/mol. The third kappa shape index (κ3) is 5.58. The fourth-order valence-corrected chi connectivity index (χ4v) is 3.97. The highest BCUT2D eigenvalue weighted by atomic mass is 16.5. The number of nitrogens with one attached hydrogen (secondary N) is 1. The van der Waals surface area contributed by atoms with Gasteiger partial charge in [0.2, 0.25) is 17.7 Å². The Labute approximate surface area is 191 Å². The summed E-state index contributed by atoms with van der Waals surface area (Å²) < 4.78 is 10.4. The van der Waals surface area contributed by atoms with Gasteiger partial charge in [0.25, 0.3) is 0 Å². The summed E-state index contributed by atoms with van der Waals surface area (Å²) >= 11 is 0. The van der Waals surface area contributed by atoms with Crippen molar-refractivity contribution in [2.45, 2.75) is 32.1 Å². The van der Waals surface area contributed by atoms with E-state index in [1.807, 2.05) is 48.5 Å². The molecule has 1 saturated heterocycles. The van der Waals surface area contributed by atoms with Crippen LogP contribution in [0, 0.1) is 5.92 Å². The number of nitrogens with zero attached hydrogens (tertiary/aromatic N) is 2. The predicted octanol–water partition coefficient (Wildman–Crippen LogP) is 4.02. The largest absolute Gasteiger partial charge is 0.469 e. The lowest BCUT2D eigenvalue weighted by molar-refractivity contribution is -0.141. The number of methoxy groups -OCH3 is 1. The zero-order valence-electron chi connectivity index (χ0n) is 18.6. The van der Waals surface area contributed by atoms with Gasteiger partial charge in [-0.05, 0) is 55.7 Å². The molecular formula is C25H27N3O5. The number of hydrogen-bond acceptors (Lipinski definition) is 6. The van der Waals surface area contributed by atoms with Crippen LogP contribution in [0.5, 0.6) is 0 Å². The number of carbonyl (C=O) groups excluding carboxylic acids is 3. The molecule has 33 heavy (non-hydrogen) atoms. The number of ether oxygens (including phenoxy) is 1. The highest BCUT2D eigenvalue weighted by Gasteiger charge is 2.27. The van der Waals surface area contributed by atoms with Crippen molar-refractivity contribution in [3.63, 3.8) is 0 Å². The zero-order chi connectivity index (χ0) is 23.2. The van der Waals surface area contributed by atoms with E-state index < -0.39 is 0 Å². The summed E-state index contributed by atoms with van der Waals surface area (Å²) in [4.78, 5) is 42.4. The van der Waals surface area contributed by atoms with Crippen LogP contribution < -0.4 is 5.32 Å². The van der Waals surface area contributed by atoms with E-state index in [1.165, 1.54) is 7.11 Å². The number of amides is 2. The van der Waals surface area contributed by atoms with Gasteiger partial charge in [-0.15, -0.1) is 0 Å². The minimum Gasteiger partial charge on any atom is -0.469 e. The number of fused-ring (bicyclic) bond motifs is 1. The molecule has 1 aliphatic heterocycles. The van der Waals surface area contributed by atoms with Gasteiger partial charge in [-0.25, -0.2) is 4.98 Å². The molecule has 1 aromatic heterocycles. The molecule has 4 rings (SSSR count). The molecule has 0 atom stereocenters. The van der Waals surface area contributed by atoms with Crippen LogP contribution in [0.3, 0.4) is 0 Å². The number of rotatable bonds is 7. The summed E-state index contributed by atoms with van der Waals surface area (Å²) in [7, 11) is 1.34. The average Bonchev–Trinajstić information content (AvgIpc) is 3.28. The summed E-state index contributed by atoms with van der Waals surface area (Å²) in [6.07, 6.45) is 2.28. The third-order valence-corrected chi connectivity index (χ3v) is 5.91. The highest BCUT2D eigenvalue weighted by molar-refractivity contribution is 5.93. The summed E-state index contributed by atoms with van der Waals surface area (Å²) in [5.41, 5.74) is 3.08. The molecule has 8 nitrogen and oxygen atoms in total. The lowest BCUT2D eigenvalue weighted by Crippen LogP contribution is -2.41. The number of oxazole rings is 1. The van der Waals surface area contributed by atoms with Gasteiger partial charge in [0, 0.05) is 43.1 Å². The Kier molecular flexibility index (Phi) is 7.02. The maximum atomic E-state index is 12.7. The molecule has 0 aliphatic carbocycles. The molecule has 1 N–H and O–H groups in total. The number of esters is 1. The molecule has 8 heteroatoms. The fraction of sp³-hybridized carbons (Fsp3) is 0.360. The second kappa shape index (κ2) is 10.3. The van der Waals surface area contributed by atoms with Crippen molar-refractivity contribution in [2.75, 3.05) is 25.5 Å². The van der Waals surface area contributed by atoms with E-state index in [2.05, 4.69) is 15.0 Å². The standard InChI is InChI=1S/C25H27N3O5/c1-32-23(30)8-4-7-22(29)28-15-13-17(14-16-28)24(31)26-19-11-9-18(10-12-19)25-27-20-5-2-3-6-21(20)33-25/h2-3,5-6,9-12,17H,4,7-8,13-16H2,1H3,(H,26,31). The van der Waals surface area contributed by atoms with Crippen LogP contribution in [-0.2, 0) is 19.1 Å². The Hall–Kier alpha value is -3.68. The highest BCUT2D eigenvalue weighted by Crippen LogP contribution is 2.26. The Morgan fingerprint density at radius 2 is 1.79 bits per heavy atom. The molecule has 2 amide bonds. The van der Waals surface area contributed by atoms with Crippen molar-refractivity contribution in [1.82, 2.24) is 9.88 Å². The first-order chi connectivity index (χ1) is 16.0. The Balaban J connectivity index is 1.26. The molecule has 1 fully saturated rings. The number of piperidine rings is 1. The van der Waals surface area contributed by atoms with Crippen LogP contribution in [0.2, 0.25) is 0 Å². The van der Waals surface area contributed by atoms with Gasteiger partial charge < -0.3 is 19.4 Å². The zero-order valence-corrected chi connectivity index (χ0v) is 18.6. The third-order valence-electron chi connectivity index (χ3n) is 5.91. The van der Waals surface area contributed by atoms with Crippen molar-refractivity contribution in [3.8, 4) is 11.5 Å². The molecule has 0 radical (unpaired) electrons. The molecule has 0 unspecified atom stereocenters. The van der Waals surface area contributed by atoms with Crippen LogP contribution in [0.4, 0.5) is 5.69 Å². The topological polar surface area (TPSA) is 102 Å². The molecular weight excluding hydrogens is 422 g/mol. The number of carbonyl (C=O) groups is 3. The minimum absolute atomic E-state index is 0.0209. The molecule has 0 spiro atoms. The summed E-state index contributed by atoms with van der Waals surface area (Å²) in [5, 5.41) is 2.97. The first-order valence-corrected chi connectivity index (χ1v) is 11.1. The van der Waals surface area contributed by atoms with E-state index in [0.717, 1.165) is 16.7 Å². The van der Waals surface area contributed by atoms with Gasteiger partial charge in [0.05, 0.1) is 7.11 Å². The average molecular weight is 450 g/mol. The first-order valence-electron chi connectivity index (χ1n) is 11.1. The smallest absolute Gasteiger partial charge is 0.305 e. The SMILES string of the molecule is COC(=O)CCCC(=O)N1CCC(C(=O)Nc2ccc(-c3nc4ccccc4o3)cc2)CC1. The van der Waals surface area contributed by atoms with Crippen LogP contribution in [0.15, 0.2) is 52.9 Å². The van der Waals surface area contributed by atoms with E-state index in [1.54, 1.807) is 4.90 Å². The molecule has 172 valence electrons. The van der Waals surface area contributed by atoms with Gasteiger partial charge in [0.1, 0.15) is 5.52 Å². The van der Waals surface area contributed by atoms with E-state index in [9.17, 15) is 14.4 Å². The first kappa shape index (κ1) is 22.5. The summed E-state index contributed by atoms with van der Waals surface area (Å²) in [6.45, 7) is 1.09. The molecule has 3 aromatic rings. The Bertz CT molecular complexity index is 1100. The normalized spacial score (nSPS) is 14.3. The number of benzene rings is 2. The second-order valence-electron chi connectivity index (χ2n) is 8.14. The minimum atomic E-state index is -0.305. The summed E-state index contributed by atoms with van der Waals surface area (Å²) in [6, 6.07) is 15.0. The lowest BCUT2D eigenvalue weighted by atomic mass is 9.95. The Morgan fingerprint density at radius 1 is 1.06 bits per heavy atom. The quantitative estimate of drug-likeness (QED) is 0.547. The molecule has 2 heterocycles. The number of likely N-dealkylation sites (tertiary alicyclic amines) is 1. The molecule has 1 aliphatic rings. The van der Waals surface area contributed by atoms with Crippen LogP contribution >= 0.6 is 0 Å². The van der Waals surface area contributed by atoms with Gasteiger partial charge >= 0.3 is 5.97 Å². The van der Waals surface area contributed by atoms with Gasteiger partial charge in [0.15, 0.2) is 5.58 Å². The number of aromatic nitrogens is 1. The fourth-order valence-electron chi connectivity index (χ4n) is 3.97. The van der Waals surface area contributed by atoms with E-state index >= 15 is 0 Å². The molecule has 0 saturated carbocycles. The maximum Gasteiger partial charge on any atom is 0.305 e. The number of hydrogen-bond donors (Lipinski definition) is 1. The van der Waals surface area contributed by atoms with Crippen molar-refractivity contribution in [3.05, 3.63) is 48.5 Å². The maximum absolute atomic E-state index is 12.7. The molecule has 0 bridgehead atoms. The van der Waals surface area contributed by atoms with Gasteiger partial charge in [-0.1, -0.05) is 12.1 Å². The van der Waals surface area contributed by atoms with Crippen molar-refractivity contribution >= 4 is 34.6 Å². The number of para-hydroxylation sites is 2. The second-order valence-corrected chi connectivity index (χ2v) is 8.14. The monoisotopic (exact) mass is 449 g/mol. The van der Waals surface area contributed by atoms with E-state index in [0.29, 0.717) is 50.4 Å². The van der Waals surface area contributed by atoms with Crippen molar-refractivity contribution < 1.29 is 23.5 Å². The Morgan fingerprint density at radius 3 is 2.48 bits per heavy atom. The van der Waals surface area contributed by atoms with Gasteiger partial charge in [-0.3, -0.25) is 14.4 Å². The van der Waals surface area contributed by atoms with Crippen LogP contribution in [-0.4, -0.2) is 47.9 Å². The van der Waals surface area contributed by atoms with E-state index in [-0.39, 0.29) is 30.1 Å². The summed E-state index contributed by atoms with van der Waals surface area (Å²) in [5.74, 6) is 0.0774. The van der Waals surface area contributed by atoms with Crippen LogP contribution in [0.25, 0.3) is 22.6 Å². The van der Waals surface area contributed by atoms with E-state index in [4.69, 9.17) is 4.42 Å². The molecule has 2 aromatic carbocycles. The number of anilines is 1.